The molecule has 0 unspecified atom stereocenters. The summed E-state index contributed by atoms with van der Waals surface area (Å²) in [6.07, 6.45) is -4.78. The smallest absolute Gasteiger partial charge is 0.389 e. The molecule has 15 heavy (non-hydrogen) atoms. The van der Waals surface area contributed by atoms with Crippen molar-refractivity contribution in [2.75, 3.05) is 0 Å². The van der Waals surface area contributed by atoms with E-state index in [1.807, 2.05) is 0 Å². The lowest BCUT2D eigenvalue weighted by molar-refractivity contribution is -0.163. The van der Waals surface area contributed by atoms with Gasteiger partial charge in [0.05, 0.1) is 18.6 Å². The van der Waals surface area contributed by atoms with Gasteiger partial charge in [-0.2, -0.15) is 13.2 Å². The maximum absolute atomic E-state index is 12.0. The molecule has 0 saturated carbocycles. The van der Waals surface area contributed by atoms with Gasteiger partial charge in [-0.15, -0.1) is 0 Å². The number of carboxylic acid groups (broad SMARTS) is 1. The Bertz CT molecular complexity index is 316. The largest absolute Gasteiger partial charge is 0.481 e. The van der Waals surface area contributed by atoms with E-state index in [9.17, 15) is 18.0 Å². The first-order valence-corrected chi connectivity index (χ1v) is 4.20. The summed E-state index contributed by atoms with van der Waals surface area (Å²) in [7, 11) is 0. The Balaban J connectivity index is 2.63. The SMILES string of the molecule is O=C(O)[C@H](Cc1ccco1)CC(F)(F)F. The zero-order valence-corrected chi connectivity index (χ0v) is 7.62. The first-order valence-electron chi connectivity index (χ1n) is 4.20. The molecule has 0 spiro atoms. The van der Waals surface area contributed by atoms with Crippen molar-refractivity contribution in [1.29, 1.82) is 0 Å². The Hall–Kier alpha value is -1.46. The molecule has 84 valence electrons. The minimum Gasteiger partial charge on any atom is -0.481 e. The van der Waals surface area contributed by atoms with Crippen molar-refractivity contribution in [3.8, 4) is 0 Å². The summed E-state index contributed by atoms with van der Waals surface area (Å²) in [6.45, 7) is 0. The van der Waals surface area contributed by atoms with Gasteiger partial charge >= 0.3 is 12.1 Å². The summed E-state index contributed by atoms with van der Waals surface area (Å²) in [6, 6.07) is 2.95. The van der Waals surface area contributed by atoms with E-state index in [0.29, 0.717) is 0 Å². The van der Waals surface area contributed by atoms with Crippen LogP contribution in [0.3, 0.4) is 0 Å². The molecule has 1 heterocycles. The van der Waals surface area contributed by atoms with Crippen molar-refractivity contribution in [2.45, 2.75) is 19.0 Å². The van der Waals surface area contributed by atoms with Gasteiger partial charge < -0.3 is 9.52 Å². The monoisotopic (exact) mass is 222 g/mol. The third-order valence-corrected chi connectivity index (χ3v) is 1.85. The molecule has 0 aliphatic heterocycles. The minimum atomic E-state index is -4.48. The van der Waals surface area contributed by atoms with E-state index in [0.717, 1.165) is 0 Å². The van der Waals surface area contributed by atoms with Gasteiger partial charge in [0.15, 0.2) is 0 Å². The fourth-order valence-corrected chi connectivity index (χ4v) is 1.20. The van der Waals surface area contributed by atoms with Gasteiger partial charge in [0, 0.05) is 6.42 Å². The van der Waals surface area contributed by atoms with Crippen LogP contribution in [0.2, 0.25) is 0 Å². The van der Waals surface area contributed by atoms with Crippen LogP contribution < -0.4 is 0 Å². The summed E-state index contributed by atoms with van der Waals surface area (Å²) in [5, 5.41) is 8.59. The molecule has 1 atom stereocenters. The number of hydrogen-bond acceptors (Lipinski definition) is 2. The molecule has 0 radical (unpaired) electrons. The zero-order valence-electron chi connectivity index (χ0n) is 7.62. The molecule has 1 rings (SSSR count). The van der Waals surface area contributed by atoms with Gasteiger partial charge in [-0.3, -0.25) is 4.79 Å². The highest BCUT2D eigenvalue weighted by Gasteiger charge is 2.35. The summed E-state index contributed by atoms with van der Waals surface area (Å²) in [4.78, 5) is 10.6. The number of rotatable bonds is 4. The van der Waals surface area contributed by atoms with E-state index in [1.165, 1.54) is 18.4 Å². The van der Waals surface area contributed by atoms with Gasteiger partial charge in [0.2, 0.25) is 0 Å². The average molecular weight is 222 g/mol. The molecule has 1 N–H and O–H groups in total. The third-order valence-electron chi connectivity index (χ3n) is 1.85. The lowest BCUT2D eigenvalue weighted by Gasteiger charge is -2.12. The van der Waals surface area contributed by atoms with Crippen molar-refractivity contribution in [3.63, 3.8) is 0 Å². The lowest BCUT2D eigenvalue weighted by Crippen LogP contribution is -2.23. The quantitative estimate of drug-likeness (QED) is 0.851. The molecule has 0 aliphatic rings. The van der Waals surface area contributed by atoms with Gasteiger partial charge in [0.25, 0.3) is 0 Å². The summed E-state index contributed by atoms with van der Waals surface area (Å²) in [5.41, 5.74) is 0. The number of carboxylic acids is 1. The number of furan rings is 1. The summed E-state index contributed by atoms with van der Waals surface area (Å²) < 4.78 is 40.8. The molecule has 1 aromatic heterocycles. The molecule has 0 saturated heterocycles. The van der Waals surface area contributed by atoms with Crippen molar-refractivity contribution >= 4 is 5.97 Å². The topological polar surface area (TPSA) is 50.4 Å². The van der Waals surface area contributed by atoms with E-state index in [-0.39, 0.29) is 12.2 Å². The maximum Gasteiger partial charge on any atom is 0.389 e. The van der Waals surface area contributed by atoms with Crippen LogP contribution in [0, 0.1) is 5.92 Å². The van der Waals surface area contributed by atoms with Crippen LogP contribution in [0.4, 0.5) is 13.2 Å². The molecule has 0 amide bonds. The number of halogens is 3. The van der Waals surface area contributed by atoms with Crippen molar-refractivity contribution in [3.05, 3.63) is 24.2 Å². The standard InChI is InChI=1S/C9H9F3O3/c10-9(11,12)5-6(8(13)14)4-7-2-1-3-15-7/h1-3,6H,4-5H2,(H,13,14)/t6-/m1/s1. The van der Waals surface area contributed by atoms with Crippen LogP contribution in [-0.2, 0) is 11.2 Å². The van der Waals surface area contributed by atoms with E-state index >= 15 is 0 Å². The molecule has 0 fully saturated rings. The normalized spacial score (nSPS) is 13.8. The van der Waals surface area contributed by atoms with Gasteiger partial charge in [-0.05, 0) is 12.1 Å². The number of hydrogen-bond donors (Lipinski definition) is 1. The van der Waals surface area contributed by atoms with Crippen LogP contribution >= 0.6 is 0 Å². The molecule has 6 heteroatoms. The number of alkyl halides is 3. The Labute approximate surface area is 83.5 Å². The molecule has 1 aromatic rings. The van der Waals surface area contributed by atoms with Crippen LogP contribution in [0.1, 0.15) is 12.2 Å². The molecule has 0 bridgehead atoms. The van der Waals surface area contributed by atoms with Gasteiger partial charge in [-0.1, -0.05) is 0 Å². The molecular weight excluding hydrogens is 213 g/mol. The second-order valence-corrected chi connectivity index (χ2v) is 3.14. The fourth-order valence-electron chi connectivity index (χ4n) is 1.20. The van der Waals surface area contributed by atoms with Crippen molar-refractivity contribution < 1.29 is 27.5 Å². The Kier molecular flexibility index (Phi) is 3.39. The Morgan fingerprint density at radius 3 is 2.60 bits per heavy atom. The Morgan fingerprint density at radius 1 is 1.53 bits per heavy atom. The minimum absolute atomic E-state index is 0.242. The fraction of sp³-hybridized carbons (Fsp3) is 0.444. The van der Waals surface area contributed by atoms with Crippen molar-refractivity contribution in [1.82, 2.24) is 0 Å². The highest BCUT2D eigenvalue weighted by atomic mass is 19.4. The predicted octanol–water partition coefficient (Wildman–Crippen LogP) is 2.48. The highest BCUT2D eigenvalue weighted by Crippen LogP contribution is 2.27. The lowest BCUT2D eigenvalue weighted by atomic mass is 10.00. The number of aliphatic carboxylic acids is 1. The van der Waals surface area contributed by atoms with Gasteiger partial charge in [-0.25, -0.2) is 0 Å². The molecular formula is C9H9F3O3. The van der Waals surface area contributed by atoms with E-state index in [4.69, 9.17) is 9.52 Å². The molecule has 3 nitrogen and oxygen atoms in total. The first kappa shape index (κ1) is 11.6. The maximum atomic E-state index is 12.0. The average Bonchev–Trinajstić information content (AvgIpc) is 2.52. The second-order valence-electron chi connectivity index (χ2n) is 3.14. The van der Waals surface area contributed by atoms with Crippen LogP contribution in [0.5, 0.6) is 0 Å². The third kappa shape index (κ3) is 4.05. The molecule has 0 aliphatic carbocycles. The zero-order chi connectivity index (χ0) is 11.5. The molecule has 0 aromatic carbocycles. The van der Waals surface area contributed by atoms with Crippen LogP contribution in [-0.4, -0.2) is 17.3 Å². The highest BCUT2D eigenvalue weighted by molar-refractivity contribution is 5.70. The Morgan fingerprint density at radius 2 is 2.20 bits per heavy atom. The van der Waals surface area contributed by atoms with Crippen molar-refractivity contribution in [2.24, 2.45) is 5.92 Å². The van der Waals surface area contributed by atoms with Crippen LogP contribution in [0.15, 0.2) is 22.8 Å². The number of carbonyl (C=O) groups is 1. The second kappa shape index (κ2) is 4.37. The predicted molar refractivity (Wildman–Crippen MR) is 44.2 cm³/mol. The van der Waals surface area contributed by atoms with E-state index in [2.05, 4.69) is 0 Å². The van der Waals surface area contributed by atoms with E-state index in [1.54, 1.807) is 0 Å². The summed E-state index contributed by atoms with van der Waals surface area (Å²) in [5.74, 6) is -2.72. The summed E-state index contributed by atoms with van der Waals surface area (Å²) >= 11 is 0. The van der Waals surface area contributed by atoms with Crippen LogP contribution in [0.25, 0.3) is 0 Å². The first-order chi connectivity index (χ1) is 6.88. The van der Waals surface area contributed by atoms with Gasteiger partial charge in [0.1, 0.15) is 5.76 Å². The van der Waals surface area contributed by atoms with E-state index < -0.39 is 24.5 Å².